The van der Waals surface area contributed by atoms with Crippen molar-refractivity contribution in [2.75, 3.05) is 33.3 Å². The Balaban J connectivity index is 0.00000450. The summed E-state index contributed by atoms with van der Waals surface area (Å²) >= 11 is 0. The number of hydrogen-bond donors (Lipinski definition) is 1. The number of unbranched alkanes of at least 4 members (excludes halogenated alkanes) is 2. The summed E-state index contributed by atoms with van der Waals surface area (Å²) in [6.07, 6.45) is 4.52. The minimum atomic E-state index is -0.463. The third kappa shape index (κ3) is 6.57. The molecular weight excluding hydrogens is 406 g/mol. The van der Waals surface area contributed by atoms with Crippen molar-refractivity contribution in [1.29, 1.82) is 0 Å². The van der Waals surface area contributed by atoms with Crippen molar-refractivity contribution < 1.29 is 14.5 Å². The molecule has 7 nitrogen and oxygen atoms in total. The van der Waals surface area contributed by atoms with Crippen LogP contribution in [-0.2, 0) is 0 Å². The van der Waals surface area contributed by atoms with Crippen LogP contribution < -0.4 is 10.1 Å². The summed E-state index contributed by atoms with van der Waals surface area (Å²) in [6, 6.07) is 8.21. The molecule has 0 aliphatic heterocycles. The molecule has 0 atom stereocenters. The van der Waals surface area contributed by atoms with Gasteiger partial charge in [-0.05, 0) is 32.0 Å². The number of rotatable bonds is 12. The van der Waals surface area contributed by atoms with Crippen LogP contribution in [0, 0.1) is 10.1 Å². The number of benzene rings is 2. The first-order chi connectivity index (χ1) is 14.0. The lowest BCUT2D eigenvalue weighted by atomic mass is 10.0. The van der Waals surface area contributed by atoms with Gasteiger partial charge in [0.15, 0.2) is 0 Å². The van der Waals surface area contributed by atoms with Crippen LogP contribution in [-0.4, -0.2) is 49.0 Å². The number of nitrogens with zero attached hydrogens (tertiary/aromatic N) is 2. The SMILES string of the molecule is CCCCN(CCCC)CCNC(=O)c1cc([N+](=O)[O-])c2ccccc2c1OC.Cl. The largest absolute Gasteiger partial charge is 0.495 e. The third-order valence-corrected chi connectivity index (χ3v) is 4.99. The molecule has 0 radical (unpaired) electrons. The van der Waals surface area contributed by atoms with Crippen molar-refractivity contribution in [2.24, 2.45) is 0 Å². The van der Waals surface area contributed by atoms with Gasteiger partial charge in [0, 0.05) is 24.5 Å². The molecule has 1 N–H and O–H groups in total. The van der Waals surface area contributed by atoms with Crippen LogP contribution in [0.25, 0.3) is 10.8 Å². The van der Waals surface area contributed by atoms with E-state index in [1.54, 1.807) is 24.3 Å². The van der Waals surface area contributed by atoms with Crippen molar-refractivity contribution in [2.45, 2.75) is 39.5 Å². The predicted octanol–water partition coefficient (Wildman–Crippen LogP) is 4.81. The maximum atomic E-state index is 12.8. The Morgan fingerprint density at radius 1 is 1.10 bits per heavy atom. The molecule has 166 valence electrons. The van der Waals surface area contributed by atoms with Gasteiger partial charge in [-0.15, -0.1) is 12.4 Å². The monoisotopic (exact) mass is 437 g/mol. The van der Waals surface area contributed by atoms with Crippen molar-refractivity contribution in [3.8, 4) is 5.75 Å². The fourth-order valence-corrected chi connectivity index (χ4v) is 3.39. The molecular formula is C22H32ClN3O4. The van der Waals surface area contributed by atoms with Crippen LogP contribution >= 0.6 is 12.4 Å². The van der Waals surface area contributed by atoms with Gasteiger partial charge in [0.1, 0.15) is 5.75 Å². The topological polar surface area (TPSA) is 84.7 Å². The molecule has 8 heteroatoms. The number of fused-ring (bicyclic) bond motifs is 1. The summed E-state index contributed by atoms with van der Waals surface area (Å²) in [4.78, 5) is 26.2. The normalized spacial score (nSPS) is 10.7. The number of non-ortho nitro benzene ring substituents is 1. The molecule has 0 bridgehead atoms. The summed E-state index contributed by atoms with van der Waals surface area (Å²) in [5, 5.41) is 15.4. The molecule has 0 fully saturated rings. The number of nitrogens with one attached hydrogen (secondary N) is 1. The van der Waals surface area contributed by atoms with Crippen molar-refractivity contribution in [1.82, 2.24) is 10.2 Å². The van der Waals surface area contributed by atoms with E-state index in [1.807, 2.05) is 0 Å². The van der Waals surface area contributed by atoms with Crippen LogP contribution in [0.3, 0.4) is 0 Å². The zero-order valence-corrected chi connectivity index (χ0v) is 18.8. The number of carbonyl (C=O) groups is 1. The number of hydrogen-bond acceptors (Lipinski definition) is 5. The third-order valence-electron chi connectivity index (χ3n) is 4.99. The highest BCUT2D eigenvalue weighted by Crippen LogP contribution is 2.36. The second-order valence-corrected chi connectivity index (χ2v) is 7.08. The van der Waals surface area contributed by atoms with Crippen LogP contribution in [0.15, 0.2) is 30.3 Å². The van der Waals surface area contributed by atoms with E-state index < -0.39 is 4.92 Å². The van der Waals surface area contributed by atoms with E-state index in [0.29, 0.717) is 23.1 Å². The van der Waals surface area contributed by atoms with Gasteiger partial charge in [0.25, 0.3) is 11.6 Å². The van der Waals surface area contributed by atoms with Gasteiger partial charge in [0.05, 0.1) is 23.0 Å². The quantitative estimate of drug-likeness (QED) is 0.380. The molecule has 2 aromatic carbocycles. The summed E-state index contributed by atoms with van der Waals surface area (Å²) in [5.74, 6) is -0.000779. The van der Waals surface area contributed by atoms with Gasteiger partial charge in [-0.3, -0.25) is 14.9 Å². The molecule has 2 rings (SSSR count). The number of halogens is 1. The highest BCUT2D eigenvalue weighted by Gasteiger charge is 2.23. The number of nitro groups is 1. The predicted molar refractivity (Wildman–Crippen MR) is 123 cm³/mol. The molecule has 0 aliphatic carbocycles. The van der Waals surface area contributed by atoms with Crippen molar-refractivity contribution in [3.63, 3.8) is 0 Å². The Labute approximate surface area is 184 Å². The molecule has 0 saturated heterocycles. The first kappa shape index (κ1) is 25.7. The van der Waals surface area contributed by atoms with Gasteiger partial charge in [-0.2, -0.15) is 0 Å². The van der Waals surface area contributed by atoms with E-state index in [0.717, 1.165) is 45.3 Å². The molecule has 0 heterocycles. The lowest BCUT2D eigenvalue weighted by Crippen LogP contribution is -2.36. The Kier molecular flexibility index (Phi) is 11.1. The summed E-state index contributed by atoms with van der Waals surface area (Å²) in [6.45, 7) is 7.59. The van der Waals surface area contributed by atoms with E-state index in [9.17, 15) is 14.9 Å². The Bertz CT molecular complexity index is 836. The highest BCUT2D eigenvalue weighted by atomic mass is 35.5. The first-order valence-electron chi connectivity index (χ1n) is 10.3. The maximum Gasteiger partial charge on any atom is 0.278 e. The average molecular weight is 438 g/mol. The van der Waals surface area contributed by atoms with E-state index in [-0.39, 0.29) is 29.6 Å². The van der Waals surface area contributed by atoms with E-state index >= 15 is 0 Å². The first-order valence-corrected chi connectivity index (χ1v) is 10.3. The fraction of sp³-hybridized carbons (Fsp3) is 0.500. The second kappa shape index (κ2) is 13.0. The standard InChI is InChI=1S/C22H31N3O4.ClH/c1-4-6-13-24(14-7-5-2)15-12-23-22(26)19-16-20(25(27)28)17-10-8-9-11-18(17)21(19)29-3;/h8-11,16H,4-7,12-15H2,1-3H3,(H,23,26);1H. The highest BCUT2D eigenvalue weighted by molar-refractivity contribution is 6.07. The maximum absolute atomic E-state index is 12.8. The molecule has 30 heavy (non-hydrogen) atoms. The van der Waals surface area contributed by atoms with Gasteiger partial charge >= 0.3 is 0 Å². The summed E-state index contributed by atoms with van der Waals surface area (Å²) < 4.78 is 5.45. The lowest BCUT2D eigenvalue weighted by molar-refractivity contribution is -0.383. The van der Waals surface area contributed by atoms with Crippen LogP contribution in [0.1, 0.15) is 49.9 Å². The molecule has 0 aromatic heterocycles. The van der Waals surface area contributed by atoms with E-state index in [1.165, 1.54) is 13.2 Å². The second-order valence-electron chi connectivity index (χ2n) is 7.08. The van der Waals surface area contributed by atoms with Gasteiger partial charge in [0.2, 0.25) is 0 Å². The zero-order valence-electron chi connectivity index (χ0n) is 18.0. The van der Waals surface area contributed by atoms with Gasteiger partial charge in [-0.25, -0.2) is 0 Å². The van der Waals surface area contributed by atoms with Crippen molar-refractivity contribution >= 4 is 34.8 Å². The number of amides is 1. The smallest absolute Gasteiger partial charge is 0.278 e. The molecule has 0 saturated carbocycles. The number of methoxy groups -OCH3 is 1. The Morgan fingerprint density at radius 3 is 2.23 bits per heavy atom. The van der Waals surface area contributed by atoms with Crippen LogP contribution in [0.2, 0.25) is 0 Å². The van der Waals surface area contributed by atoms with Crippen LogP contribution in [0.5, 0.6) is 5.75 Å². The minimum absolute atomic E-state index is 0. The Hall–Kier alpha value is -2.38. The summed E-state index contributed by atoms with van der Waals surface area (Å²) in [5.41, 5.74) is 0.0886. The van der Waals surface area contributed by atoms with Crippen LogP contribution in [0.4, 0.5) is 5.69 Å². The molecule has 1 amide bonds. The van der Waals surface area contributed by atoms with Gasteiger partial charge in [-0.1, -0.05) is 44.9 Å². The Morgan fingerprint density at radius 2 is 1.70 bits per heavy atom. The molecule has 0 aliphatic rings. The molecule has 0 unspecified atom stereocenters. The zero-order chi connectivity index (χ0) is 21.2. The average Bonchev–Trinajstić information content (AvgIpc) is 2.73. The number of ether oxygens (including phenoxy) is 1. The van der Waals surface area contributed by atoms with E-state index in [4.69, 9.17) is 4.74 Å². The number of carbonyl (C=O) groups excluding carboxylic acids is 1. The van der Waals surface area contributed by atoms with Crippen molar-refractivity contribution in [3.05, 3.63) is 46.0 Å². The lowest BCUT2D eigenvalue weighted by Gasteiger charge is -2.22. The fourth-order valence-electron chi connectivity index (χ4n) is 3.39. The van der Waals surface area contributed by atoms with Gasteiger partial charge < -0.3 is 15.0 Å². The molecule has 2 aromatic rings. The van der Waals surface area contributed by atoms with E-state index in [2.05, 4.69) is 24.1 Å². The number of nitro benzene ring substituents is 1. The molecule has 0 spiro atoms. The minimum Gasteiger partial charge on any atom is -0.495 e. The summed E-state index contributed by atoms with van der Waals surface area (Å²) in [7, 11) is 1.47.